The Balaban J connectivity index is 1.65. The molecule has 0 aromatic rings. The fraction of sp³-hybridized carbons (Fsp3) is 0.929. The van der Waals surface area contributed by atoms with Gasteiger partial charge in [-0.25, -0.2) is 0 Å². The summed E-state index contributed by atoms with van der Waals surface area (Å²) in [5, 5.41) is 0. The number of nitrogens with two attached hydrogens (primary N) is 1. The van der Waals surface area contributed by atoms with Crippen LogP contribution in [0.5, 0.6) is 0 Å². The Morgan fingerprint density at radius 1 is 1.50 bits per heavy atom. The summed E-state index contributed by atoms with van der Waals surface area (Å²) in [5.74, 6) is 2.37. The SMILES string of the molecule is CC(C)C1CC2(CN=C(N)N2CC2CCCO2)C1. The van der Waals surface area contributed by atoms with Gasteiger partial charge in [-0.1, -0.05) is 13.8 Å². The lowest BCUT2D eigenvalue weighted by molar-refractivity contribution is -0.00833. The lowest BCUT2D eigenvalue weighted by Crippen LogP contribution is -2.61. The van der Waals surface area contributed by atoms with Gasteiger partial charge in [-0.2, -0.15) is 0 Å². The second-order valence-corrected chi connectivity index (χ2v) is 6.56. The number of ether oxygens (including phenoxy) is 1. The van der Waals surface area contributed by atoms with Gasteiger partial charge in [0.25, 0.3) is 0 Å². The van der Waals surface area contributed by atoms with Crippen LogP contribution in [0.2, 0.25) is 0 Å². The van der Waals surface area contributed by atoms with Gasteiger partial charge in [0.15, 0.2) is 5.96 Å². The van der Waals surface area contributed by atoms with Crippen LogP contribution in [0.1, 0.15) is 39.5 Å². The molecule has 3 aliphatic rings. The van der Waals surface area contributed by atoms with Gasteiger partial charge >= 0.3 is 0 Å². The molecule has 102 valence electrons. The smallest absolute Gasteiger partial charge is 0.191 e. The lowest BCUT2D eigenvalue weighted by atomic mass is 9.63. The Bertz CT molecular complexity index is 341. The summed E-state index contributed by atoms with van der Waals surface area (Å²) in [4.78, 5) is 6.84. The monoisotopic (exact) mass is 251 g/mol. The van der Waals surface area contributed by atoms with Gasteiger partial charge in [-0.3, -0.25) is 4.99 Å². The van der Waals surface area contributed by atoms with Gasteiger partial charge in [0.1, 0.15) is 0 Å². The number of hydrogen-bond donors (Lipinski definition) is 1. The Morgan fingerprint density at radius 2 is 2.28 bits per heavy atom. The third kappa shape index (κ3) is 1.91. The van der Waals surface area contributed by atoms with Crippen molar-refractivity contribution in [3.8, 4) is 0 Å². The Hall–Kier alpha value is -0.770. The fourth-order valence-electron chi connectivity index (χ4n) is 3.66. The van der Waals surface area contributed by atoms with E-state index in [-0.39, 0.29) is 5.54 Å². The zero-order valence-electron chi connectivity index (χ0n) is 11.6. The van der Waals surface area contributed by atoms with Crippen molar-refractivity contribution in [2.75, 3.05) is 19.7 Å². The fourth-order valence-corrected chi connectivity index (χ4v) is 3.66. The number of nitrogens with zero attached hydrogens (tertiary/aromatic N) is 2. The average Bonchev–Trinajstić information content (AvgIpc) is 2.87. The predicted molar refractivity (Wildman–Crippen MR) is 72.5 cm³/mol. The molecule has 3 rings (SSSR count). The summed E-state index contributed by atoms with van der Waals surface area (Å²) in [6.45, 7) is 7.40. The van der Waals surface area contributed by atoms with Crippen LogP contribution in [0.25, 0.3) is 0 Å². The summed E-state index contributed by atoms with van der Waals surface area (Å²) in [7, 11) is 0. The quantitative estimate of drug-likeness (QED) is 0.829. The first-order chi connectivity index (χ1) is 8.61. The molecule has 1 unspecified atom stereocenters. The zero-order valence-corrected chi connectivity index (χ0v) is 11.6. The minimum atomic E-state index is 0.241. The van der Waals surface area contributed by atoms with Gasteiger partial charge in [0, 0.05) is 13.2 Å². The van der Waals surface area contributed by atoms with Crippen molar-refractivity contribution in [3.63, 3.8) is 0 Å². The average molecular weight is 251 g/mol. The maximum atomic E-state index is 6.08. The van der Waals surface area contributed by atoms with Crippen LogP contribution in [0.4, 0.5) is 0 Å². The van der Waals surface area contributed by atoms with Crippen molar-refractivity contribution in [2.24, 2.45) is 22.6 Å². The summed E-state index contributed by atoms with van der Waals surface area (Å²) in [5.41, 5.74) is 6.33. The van der Waals surface area contributed by atoms with E-state index in [1.54, 1.807) is 0 Å². The molecule has 0 aromatic carbocycles. The highest BCUT2D eigenvalue weighted by Gasteiger charge is 2.52. The summed E-state index contributed by atoms with van der Waals surface area (Å²) < 4.78 is 5.75. The molecule has 2 fully saturated rings. The first-order valence-corrected chi connectivity index (χ1v) is 7.30. The van der Waals surface area contributed by atoms with Crippen molar-refractivity contribution < 1.29 is 4.74 Å². The van der Waals surface area contributed by atoms with Crippen LogP contribution in [0, 0.1) is 11.8 Å². The molecule has 2 N–H and O–H groups in total. The van der Waals surface area contributed by atoms with Gasteiger partial charge < -0.3 is 15.4 Å². The van der Waals surface area contributed by atoms with Crippen molar-refractivity contribution in [2.45, 2.75) is 51.2 Å². The molecule has 1 saturated carbocycles. The number of rotatable bonds is 3. The molecule has 1 saturated heterocycles. The minimum absolute atomic E-state index is 0.241. The molecule has 0 amide bonds. The number of hydrogen-bond acceptors (Lipinski definition) is 4. The Labute approximate surface area is 110 Å². The zero-order chi connectivity index (χ0) is 12.8. The van der Waals surface area contributed by atoms with E-state index in [1.807, 2.05) is 0 Å². The van der Waals surface area contributed by atoms with E-state index in [0.29, 0.717) is 6.10 Å². The topological polar surface area (TPSA) is 50.8 Å². The van der Waals surface area contributed by atoms with Gasteiger partial charge in [-0.15, -0.1) is 0 Å². The summed E-state index contributed by atoms with van der Waals surface area (Å²) in [6, 6.07) is 0. The first-order valence-electron chi connectivity index (χ1n) is 7.30. The highest BCUT2D eigenvalue weighted by molar-refractivity contribution is 5.81. The maximum Gasteiger partial charge on any atom is 0.191 e. The molecule has 1 aliphatic carbocycles. The molecule has 1 atom stereocenters. The predicted octanol–water partition coefficient (Wildman–Crippen LogP) is 1.60. The maximum absolute atomic E-state index is 6.08. The third-order valence-electron chi connectivity index (χ3n) is 5.02. The third-order valence-corrected chi connectivity index (χ3v) is 5.02. The van der Waals surface area contributed by atoms with E-state index < -0.39 is 0 Å². The second-order valence-electron chi connectivity index (χ2n) is 6.56. The summed E-state index contributed by atoms with van der Waals surface area (Å²) >= 11 is 0. The summed E-state index contributed by atoms with van der Waals surface area (Å²) in [6.07, 6.45) is 5.24. The van der Waals surface area contributed by atoms with Gasteiger partial charge in [0.05, 0.1) is 18.2 Å². The first kappa shape index (κ1) is 12.3. The highest BCUT2D eigenvalue weighted by Crippen LogP contribution is 2.48. The Kier molecular flexibility index (Phi) is 3.00. The molecular formula is C14H25N3O. The van der Waals surface area contributed by atoms with Crippen molar-refractivity contribution in [1.29, 1.82) is 0 Å². The van der Waals surface area contributed by atoms with E-state index in [1.165, 1.54) is 25.7 Å². The molecule has 0 bridgehead atoms. The van der Waals surface area contributed by atoms with E-state index in [4.69, 9.17) is 10.5 Å². The van der Waals surface area contributed by atoms with E-state index in [9.17, 15) is 0 Å². The van der Waals surface area contributed by atoms with Crippen LogP contribution >= 0.6 is 0 Å². The van der Waals surface area contributed by atoms with Crippen molar-refractivity contribution >= 4 is 5.96 Å². The largest absolute Gasteiger partial charge is 0.376 e. The van der Waals surface area contributed by atoms with Crippen LogP contribution in [0.15, 0.2) is 4.99 Å². The van der Waals surface area contributed by atoms with Crippen molar-refractivity contribution in [1.82, 2.24) is 4.90 Å². The molecule has 4 heteroatoms. The number of guanidine groups is 1. The minimum Gasteiger partial charge on any atom is -0.376 e. The van der Waals surface area contributed by atoms with Gasteiger partial charge in [-0.05, 0) is 37.5 Å². The normalized spacial score (nSPS) is 39.5. The molecule has 2 aliphatic heterocycles. The molecule has 18 heavy (non-hydrogen) atoms. The lowest BCUT2D eigenvalue weighted by Gasteiger charge is -2.52. The second kappa shape index (κ2) is 4.41. The standard InChI is InChI=1S/C14H25N3O/c1-10(2)11-6-14(7-11)9-16-13(15)17(14)8-12-4-3-5-18-12/h10-12H,3-9H2,1-2H3,(H2,15,16). The van der Waals surface area contributed by atoms with Crippen molar-refractivity contribution in [3.05, 3.63) is 0 Å². The molecule has 0 aromatic heterocycles. The molecular weight excluding hydrogens is 226 g/mol. The van der Waals surface area contributed by atoms with Crippen LogP contribution in [-0.2, 0) is 4.74 Å². The van der Waals surface area contributed by atoms with Crippen LogP contribution < -0.4 is 5.73 Å². The van der Waals surface area contributed by atoms with E-state index in [2.05, 4.69) is 23.7 Å². The molecule has 2 heterocycles. The van der Waals surface area contributed by atoms with Crippen LogP contribution in [0.3, 0.4) is 0 Å². The Morgan fingerprint density at radius 3 is 2.89 bits per heavy atom. The number of aliphatic imine (C=N–C) groups is 1. The molecule has 0 radical (unpaired) electrons. The molecule has 1 spiro atoms. The van der Waals surface area contributed by atoms with Gasteiger partial charge in [0.2, 0.25) is 0 Å². The van der Waals surface area contributed by atoms with Crippen LogP contribution in [-0.4, -0.2) is 42.2 Å². The van der Waals surface area contributed by atoms with E-state index >= 15 is 0 Å². The highest BCUT2D eigenvalue weighted by atomic mass is 16.5. The van der Waals surface area contributed by atoms with E-state index in [0.717, 1.165) is 37.5 Å². The molecule has 4 nitrogen and oxygen atoms in total.